The van der Waals surface area contributed by atoms with Gasteiger partial charge in [0.1, 0.15) is 17.3 Å². The predicted molar refractivity (Wildman–Crippen MR) is 76.2 cm³/mol. The van der Waals surface area contributed by atoms with Gasteiger partial charge in [0.25, 0.3) is 0 Å². The lowest BCUT2D eigenvalue weighted by atomic mass is 10.2. The summed E-state index contributed by atoms with van der Waals surface area (Å²) in [6.45, 7) is 1.93. The number of halogens is 3. The SMILES string of the molecule is CN(CCN)Cc1ccc(-c2ccc(OC(F)(F)F)cc2)o1. The van der Waals surface area contributed by atoms with E-state index < -0.39 is 6.36 Å². The molecule has 2 aromatic rings. The van der Waals surface area contributed by atoms with Crippen molar-refractivity contribution in [2.24, 2.45) is 5.73 Å². The fourth-order valence-electron chi connectivity index (χ4n) is 2.00. The summed E-state index contributed by atoms with van der Waals surface area (Å²) in [7, 11) is 1.93. The quantitative estimate of drug-likeness (QED) is 0.889. The third-order valence-corrected chi connectivity index (χ3v) is 2.97. The molecular formula is C15H17F3N2O2. The van der Waals surface area contributed by atoms with E-state index in [0.29, 0.717) is 24.4 Å². The average Bonchev–Trinajstić information content (AvgIpc) is 2.86. The molecule has 0 fully saturated rings. The molecule has 1 heterocycles. The monoisotopic (exact) mass is 314 g/mol. The Hall–Kier alpha value is -1.99. The first-order valence-corrected chi connectivity index (χ1v) is 6.71. The molecule has 0 atom stereocenters. The summed E-state index contributed by atoms with van der Waals surface area (Å²) in [5, 5.41) is 0. The molecule has 0 unspecified atom stereocenters. The minimum atomic E-state index is -4.69. The van der Waals surface area contributed by atoms with Crippen LogP contribution in [0.15, 0.2) is 40.8 Å². The van der Waals surface area contributed by atoms with E-state index in [0.717, 1.165) is 12.3 Å². The van der Waals surface area contributed by atoms with Crippen LogP contribution in [0.25, 0.3) is 11.3 Å². The van der Waals surface area contributed by atoms with Gasteiger partial charge in [0.15, 0.2) is 0 Å². The van der Waals surface area contributed by atoms with Crippen LogP contribution >= 0.6 is 0 Å². The lowest BCUT2D eigenvalue weighted by molar-refractivity contribution is -0.274. The highest BCUT2D eigenvalue weighted by Gasteiger charge is 2.30. The standard InChI is InChI=1S/C15H17F3N2O2/c1-20(9-8-19)10-13-6-7-14(21-13)11-2-4-12(5-3-11)22-15(16,17)18/h2-7H,8-10,19H2,1H3. The zero-order valence-electron chi connectivity index (χ0n) is 12.1. The van der Waals surface area contributed by atoms with Crippen molar-refractivity contribution in [3.05, 3.63) is 42.2 Å². The second-order valence-electron chi connectivity index (χ2n) is 4.86. The maximum absolute atomic E-state index is 12.1. The fourth-order valence-corrected chi connectivity index (χ4v) is 2.00. The lowest BCUT2D eigenvalue weighted by Crippen LogP contribution is -2.24. The van der Waals surface area contributed by atoms with E-state index in [1.807, 2.05) is 18.0 Å². The number of alkyl halides is 3. The molecule has 0 saturated heterocycles. The van der Waals surface area contributed by atoms with E-state index in [2.05, 4.69) is 4.74 Å². The second kappa shape index (κ2) is 6.85. The van der Waals surface area contributed by atoms with Gasteiger partial charge in [0.05, 0.1) is 6.54 Å². The summed E-state index contributed by atoms with van der Waals surface area (Å²) in [6, 6.07) is 9.17. The summed E-state index contributed by atoms with van der Waals surface area (Å²) in [4.78, 5) is 2.02. The van der Waals surface area contributed by atoms with Gasteiger partial charge in [-0.1, -0.05) is 0 Å². The molecule has 1 aromatic heterocycles. The van der Waals surface area contributed by atoms with Gasteiger partial charge >= 0.3 is 6.36 Å². The first-order valence-electron chi connectivity index (χ1n) is 6.71. The van der Waals surface area contributed by atoms with Crippen LogP contribution < -0.4 is 10.5 Å². The molecule has 7 heteroatoms. The van der Waals surface area contributed by atoms with Crippen LogP contribution in [0.4, 0.5) is 13.2 Å². The molecule has 2 N–H and O–H groups in total. The summed E-state index contributed by atoms with van der Waals surface area (Å²) in [5.41, 5.74) is 6.16. The van der Waals surface area contributed by atoms with Crippen molar-refractivity contribution in [1.29, 1.82) is 0 Å². The van der Waals surface area contributed by atoms with Gasteiger partial charge in [-0.05, 0) is 43.4 Å². The molecule has 0 saturated carbocycles. The van der Waals surface area contributed by atoms with Crippen molar-refractivity contribution in [1.82, 2.24) is 4.90 Å². The number of likely N-dealkylation sites (N-methyl/N-ethyl adjacent to an activating group) is 1. The molecule has 0 amide bonds. The smallest absolute Gasteiger partial charge is 0.460 e. The summed E-state index contributed by atoms with van der Waals surface area (Å²) in [6.07, 6.45) is -4.69. The molecule has 0 bridgehead atoms. The Morgan fingerprint density at radius 2 is 1.82 bits per heavy atom. The first kappa shape index (κ1) is 16.4. The Kier molecular flexibility index (Phi) is 5.10. The third kappa shape index (κ3) is 4.78. The van der Waals surface area contributed by atoms with Crippen molar-refractivity contribution < 1.29 is 22.3 Å². The molecule has 0 radical (unpaired) electrons. The molecule has 4 nitrogen and oxygen atoms in total. The molecule has 22 heavy (non-hydrogen) atoms. The van der Waals surface area contributed by atoms with E-state index >= 15 is 0 Å². The van der Waals surface area contributed by atoms with Gasteiger partial charge in [-0.2, -0.15) is 0 Å². The van der Waals surface area contributed by atoms with E-state index in [1.165, 1.54) is 24.3 Å². The largest absolute Gasteiger partial charge is 0.573 e. The zero-order valence-corrected chi connectivity index (χ0v) is 12.1. The van der Waals surface area contributed by atoms with E-state index in [1.54, 1.807) is 6.07 Å². The number of ether oxygens (including phenoxy) is 1. The normalized spacial score (nSPS) is 11.9. The summed E-state index contributed by atoms with van der Waals surface area (Å²) >= 11 is 0. The molecule has 0 aliphatic carbocycles. The van der Waals surface area contributed by atoms with Gasteiger partial charge in [-0.3, -0.25) is 4.90 Å². The summed E-state index contributed by atoms with van der Waals surface area (Å²) < 4.78 is 45.8. The average molecular weight is 314 g/mol. The van der Waals surface area contributed by atoms with E-state index in [-0.39, 0.29) is 5.75 Å². The van der Waals surface area contributed by atoms with Gasteiger partial charge in [-0.25, -0.2) is 0 Å². The molecule has 0 spiro atoms. The van der Waals surface area contributed by atoms with Crippen LogP contribution in [0, 0.1) is 0 Å². The Morgan fingerprint density at radius 3 is 2.41 bits per heavy atom. The summed E-state index contributed by atoms with van der Waals surface area (Å²) in [5.74, 6) is 1.10. The Balaban J connectivity index is 2.04. The Labute approximate surface area is 126 Å². The number of nitrogens with two attached hydrogens (primary N) is 1. The van der Waals surface area contributed by atoms with Gasteiger partial charge < -0.3 is 14.9 Å². The van der Waals surface area contributed by atoms with Crippen LogP contribution in [0.5, 0.6) is 5.75 Å². The highest BCUT2D eigenvalue weighted by atomic mass is 19.4. The molecule has 0 aliphatic rings. The number of hydrogen-bond acceptors (Lipinski definition) is 4. The van der Waals surface area contributed by atoms with Crippen LogP contribution in [-0.4, -0.2) is 31.4 Å². The van der Waals surface area contributed by atoms with Crippen molar-refractivity contribution >= 4 is 0 Å². The van der Waals surface area contributed by atoms with Crippen LogP contribution in [0.1, 0.15) is 5.76 Å². The van der Waals surface area contributed by atoms with Crippen molar-refractivity contribution in [3.63, 3.8) is 0 Å². The predicted octanol–water partition coefficient (Wildman–Crippen LogP) is 3.24. The number of rotatable bonds is 6. The number of nitrogens with zero attached hydrogens (tertiary/aromatic N) is 1. The first-order chi connectivity index (χ1) is 10.4. The third-order valence-electron chi connectivity index (χ3n) is 2.97. The lowest BCUT2D eigenvalue weighted by Gasteiger charge is -2.12. The molecule has 120 valence electrons. The van der Waals surface area contributed by atoms with Crippen molar-refractivity contribution in [2.45, 2.75) is 12.9 Å². The van der Waals surface area contributed by atoms with Crippen LogP contribution in [0.3, 0.4) is 0 Å². The van der Waals surface area contributed by atoms with E-state index in [9.17, 15) is 13.2 Å². The van der Waals surface area contributed by atoms with Gasteiger partial charge in [0, 0.05) is 18.7 Å². The van der Waals surface area contributed by atoms with Crippen LogP contribution in [-0.2, 0) is 6.54 Å². The van der Waals surface area contributed by atoms with E-state index in [4.69, 9.17) is 10.2 Å². The minimum absolute atomic E-state index is 0.259. The Morgan fingerprint density at radius 1 is 1.14 bits per heavy atom. The highest BCUT2D eigenvalue weighted by molar-refractivity contribution is 5.58. The number of furan rings is 1. The second-order valence-corrected chi connectivity index (χ2v) is 4.86. The highest BCUT2D eigenvalue weighted by Crippen LogP contribution is 2.27. The topological polar surface area (TPSA) is 51.6 Å². The number of benzene rings is 1. The number of hydrogen-bond donors (Lipinski definition) is 1. The minimum Gasteiger partial charge on any atom is -0.460 e. The fraction of sp³-hybridized carbons (Fsp3) is 0.333. The maximum Gasteiger partial charge on any atom is 0.573 e. The van der Waals surface area contributed by atoms with Crippen molar-refractivity contribution in [3.8, 4) is 17.1 Å². The molecule has 1 aromatic carbocycles. The molecular weight excluding hydrogens is 297 g/mol. The maximum atomic E-state index is 12.1. The van der Waals surface area contributed by atoms with Gasteiger partial charge in [-0.15, -0.1) is 13.2 Å². The van der Waals surface area contributed by atoms with Crippen molar-refractivity contribution in [2.75, 3.05) is 20.1 Å². The molecule has 0 aliphatic heterocycles. The molecule has 2 rings (SSSR count). The zero-order chi connectivity index (χ0) is 16.2. The van der Waals surface area contributed by atoms with Gasteiger partial charge in [0.2, 0.25) is 0 Å². The Bertz CT molecular complexity index is 594. The van der Waals surface area contributed by atoms with Crippen LogP contribution in [0.2, 0.25) is 0 Å².